The molecule has 0 bridgehead atoms. The van der Waals surface area contributed by atoms with Crippen molar-refractivity contribution in [2.45, 2.75) is 32.1 Å². The minimum Gasteiger partial charge on any atom is -0.495 e. The molecule has 0 heterocycles. The van der Waals surface area contributed by atoms with Crippen molar-refractivity contribution in [3.05, 3.63) is 24.3 Å². The van der Waals surface area contributed by atoms with Gasteiger partial charge < -0.3 is 10.1 Å². The van der Waals surface area contributed by atoms with Gasteiger partial charge in [-0.2, -0.15) is 0 Å². The summed E-state index contributed by atoms with van der Waals surface area (Å²) in [6.45, 7) is 0.456. The van der Waals surface area contributed by atoms with Gasteiger partial charge in [0.1, 0.15) is 5.75 Å². The van der Waals surface area contributed by atoms with Gasteiger partial charge in [-0.1, -0.05) is 31.4 Å². The molecule has 0 aromatic heterocycles. The fraction of sp³-hybridized carbons (Fsp3) is 0.588. The third-order valence-electron chi connectivity index (χ3n) is 4.34. The number of amides is 1. The highest BCUT2D eigenvalue weighted by atomic mass is 32.2. The number of benzene rings is 1. The SMILES string of the molecule is COc1ccccc1N(CCNC(=O)C1CCCCC1)S(C)(=O)=O. The molecule has 6 nitrogen and oxygen atoms in total. The molecule has 7 heteroatoms. The smallest absolute Gasteiger partial charge is 0.232 e. The lowest BCUT2D eigenvalue weighted by molar-refractivity contribution is -0.125. The Morgan fingerprint density at radius 1 is 1.25 bits per heavy atom. The van der Waals surface area contributed by atoms with Gasteiger partial charge in [-0.05, 0) is 25.0 Å². The van der Waals surface area contributed by atoms with Crippen molar-refractivity contribution in [1.29, 1.82) is 0 Å². The Morgan fingerprint density at radius 2 is 1.92 bits per heavy atom. The number of hydrogen-bond acceptors (Lipinski definition) is 4. The van der Waals surface area contributed by atoms with E-state index in [-0.39, 0.29) is 24.9 Å². The molecule has 0 saturated heterocycles. The number of nitrogens with zero attached hydrogens (tertiary/aromatic N) is 1. The van der Waals surface area contributed by atoms with E-state index >= 15 is 0 Å². The number of hydrogen-bond donors (Lipinski definition) is 1. The molecule has 2 rings (SSSR count). The number of carbonyl (C=O) groups is 1. The van der Waals surface area contributed by atoms with Gasteiger partial charge in [0.05, 0.1) is 25.6 Å². The largest absolute Gasteiger partial charge is 0.495 e. The van der Waals surface area contributed by atoms with Gasteiger partial charge in [-0.25, -0.2) is 8.42 Å². The van der Waals surface area contributed by atoms with Crippen molar-refractivity contribution in [2.75, 3.05) is 30.8 Å². The van der Waals surface area contributed by atoms with Crippen LogP contribution in [-0.2, 0) is 14.8 Å². The zero-order valence-corrected chi connectivity index (χ0v) is 15.1. The number of ether oxygens (including phenoxy) is 1. The summed E-state index contributed by atoms with van der Waals surface area (Å²) in [5.74, 6) is 0.585. The fourth-order valence-electron chi connectivity index (χ4n) is 3.09. The Hall–Kier alpha value is -1.76. The van der Waals surface area contributed by atoms with E-state index in [1.54, 1.807) is 24.3 Å². The van der Waals surface area contributed by atoms with Gasteiger partial charge in [0.2, 0.25) is 15.9 Å². The second-order valence-corrected chi connectivity index (χ2v) is 8.04. The van der Waals surface area contributed by atoms with Gasteiger partial charge in [-0.3, -0.25) is 9.10 Å². The van der Waals surface area contributed by atoms with Crippen molar-refractivity contribution >= 4 is 21.6 Å². The predicted molar refractivity (Wildman–Crippen MR) is 94.8 cm³/mol. The van der Waals surface area contributed by atoms with Gasteiger partial charge in [0, 0.05) is 12.5 Å². The van der Waals surface area contributed by atoms with Gasteiger partial charge >= 0.3 is 0 Å². The molecule has 0 aliphatic heterocycles. The van der Waals surface area contributed by atoms with Crippen LogP contribution in [0.1, 0.15) is 32.1 Å². The average molecular weight is 354 g/mol. The zero-order valence-electron chi connectivity index (χ0n) is 14.3. The molecular formula is C17H26N2O4S. The molecule has 134 valence electrons. The highest BCUT2D eigenvalue weighted by Gasteiger charge is 2.23. The summed E-state index contributed by atoms with van der Waals surface area (Å²) in [5, 5.41) is 2.88. The molecule has 0 atom stereocenters. The molecule has 1 aromatic carbocycles. The molecule has 1 fully saturated rings. The highest BCUT2D eigenvalue weighted by Crippen LogP contribution is 2.29. The van der Waals surface area contributed by atoms with Crippen molar-refractivity contribution in [1.82, 2.24) is 5.32 Å². The molecule has 0 radical (unpaired) electrons. The third-order valence-corrected chi connectivity index (χ3v) is 5.52. The third kappa shape index (κ3) is 4.87. The lowest BCUT2D eigenvalue weighted by Gasteiger charge is -2.25. The summed E-state index contributed by atoms with van der Waals surface area (Å²) < 4.78 is 30.8. The van der Waals surface area contributed by atoms with Crippen LogP contribution >= 0.6 is 0 Å². The van der Waals surface area contributed by atoms with Crippen LogP contribution in [0, 0.1) is 5.92 Å². The highest BCUT2D eigenvalue weighted by molar-refractivity contribution is 7.92. The van der Waals surface area contributed by atoms with E-state index in [9.17, 15) is 13.2 Å². The summed E-state index contributed by atoms with van der Waals surface area (Å²) in [6, 6.07) is 6.96. The molecule has 24 heavy (non-hydrogen) atoms. The monoisotopic (exact) mass is 354 g/mol. The van der Waals surface area contributed by atoms with E-state index in [0.717, 1.165) is 31.9 Å². The van der Waals surface area contributed by atoms with Crippen LogP contribution < -0.4 is 14.4 Å². The molecule has 0 unspecified atom stereocenters. The molecule has 1 aliphatic carbocycles. The minimum atomic E-state index is -3.47. The first-order valence-corrected chi connectivity index (χ1v) is 10.2. The normalized spacial score (nSPS) is 15.8. The quantitative estimate of drug-likeness (QED) is 0.814. The number of rotatable bonds is 7. The van der Waals surface area contributed by atoms with E-state index in [1.807, 2.05) is 0 Å². The van der Waals surface area contributed by atoms with Crippen LogP contribution in [0.15, 0.2) is 24.3 Å². The molecule has 1 amide bonds. The molecule has 1 N–H and O–H groups in total. The summed E-state index contributed by atoms with van der Waals surface area (Å²) in [4.78, 5) is 12.2. The maximum Gasteiger partial charge on any atom is 0.232 e. The molecule has 1 aromatic rings. The number of sulfonamides is 1. The first-order valence-electron chi connectivity index (χ1n) is 8.32. The first kappa shape index (κ1) is 18.6. The van der Waals surface area contributed by atoms with Crippen molar-refractivity contribution in [2.24, 2.45) is 5.92 Å². The lowest BCUT2D eigenvalue weighted by atomic mass is 9.89. The standard InChI is InChI=1S/C17H26N2O4S/c1-23-16-11-7-6-10-15(16)19(24(2,21)22)13-12-18-17(20)14-8-4-3-5-9-14/h6-7,10-11,14H,3-5,8-9,12-13H2,1-2H3,(H,18,20). The van der Waals surface area contributed by atoms with Crippen LogP contribution in [0.4, 0.5) is 5.69 Å². The lowest BCUT2D eigenvalue weighted by Crippen LogP contribution is -2.40. The fourth-order valence-corrected chi connectivity index (χ4v) is 4.02. The van der Waals surface area contributed by atoms with Crippen molar-refractivity contribution in [3.63, 3.8) is 0 Å². The second-order valence-electron chi connectivity index (χ2n) is 6.13. The number of anilines is 1. The van der Waals surface area contributed by atoms with E-state index in [4.69, 9.17) is 4.74 Å². The summed E-state index contributed by atoms with van der Waals surface area (Å²) >= 11 is 0. The van der Waals surface area contributed by atoms with Crippen molar-refractivity contribution in [3.8, 4) is 5.75 Å². The predicted octanol–water partition coefficient (Wildman–Crippen LogP) is 2.16. The maximum atomic E-state index is 12.2. The van der Waals surface area contributed by atoms with E-state index < -0.39 is 10.0 Å². The number of carbonyl (C=O) groups excluding carboxylic acids is 1. The number of para-hydroxylation sites is 2. The van der Waals surface area contributed by atoms with Crippen LogP contribution in [0.25, 0.3) is 0 Å². The van der Waals surface area contributed by atoms with Gasteiger partial charge in [0.25, 0.3) is 0 Å². The topological polar surface area (TPSA) is 75.7 Å². The van der Waals surface area contributed by atoms with E-state index in [2.05, 4.69) is 5.32 Å². The van der Waals surface area contributed by atoms with Crippen LogP contribution in [0.5, 0.6) is 5.75 Å². The van der Waals surface area contributed by atoms with Gasteiger partial charge in [0.15, 0.2) is 0 Å². The Morgan fingerprint density at radius 3 is 2.54 bits per heavy atom. The summed E-state index contributed by atoms with van der Waals surface area (Å²) in [7, 11) is -1.97. The van der Waals surface area contributed by atoms with Crippen LogP contribution in [0.3, 0.4) is 0 Å². The zero-order chi connectivity index (χ0) is 17.6. The maximum absolute atomic E-state index is 12.2. The van der Waals surface area contributed by atoms with E-state index in [1.165, 1.54) is 17.8 Å². The molecule has 0 spiro atoms. The summed E-state index contributed by atoms with van der Waals surface area (Å²) in [5.41, 5.74) is 0.481. The number of nitrogens with one attached hydrogen (secondary N) is 1. The number of methoxy groups -OCH3 is 1. The van der Waals surface area contributed by atoms with Crippen LogP contribution in [-0.4, -0.2) is 40.8 Å². The average Bonchev–Trinajstić information content (AvgIpc) is 2.58. The van der Waals surface area contributed by atoms with Crippen LogP contribution in [0.2, 0.25) is 0 Å². The Bertz CT molecular complexity index is 654. The Balaban J connectivity index is 2.01. The molecular weight excluding hydrogens is 328 g/mol. The summed E-state index contributed by atoms with van der Waals surface area (Å²) in [6.07, 6.45) is 6.38. The van der Waals surface area contributed by atoms with Crippen molar-refractivity contribution < 1.29 is 17.9 Å². The van der Waals surface area contributed by atoms with E-state index in [0.29, 0.717) is 11.4 Å². The van der Waals surface area contributed by atoms with Gasteiger partial charge in [-0.15, -0.1) is 0 Å². The Labute approximate surface area is 144 Å². The first-order chi connectivity index (χ1) is 11.4. The minimum absolute atomic E-state index is 0.0307. The molecule has 1 saturated carbocycles. The second kappa shape index (κ2) is 8.37. The molecule has 1 aliphatic rings. The Kier molecular flexibility index (Phi) is 6.48.